The Kier molecular flexibility index (Phi) is 4.99. The van der Waals surface area contributed by atoms with Crippen LogP contribution in [0.1, 0.15) is 44.6 Å². The monoisotopic (exact) mass is 312 g/mol. The van der Waals surface area contributed by atoms with Crippen molar-refractivity contribution >= 4 is 17.6 Å². The average molecular weight is 313 g/mol. The Labute approximate surface area is 130 Å². The fourth-order valence-corrected chi connectivity index (χ4v) is 2.85. The van der Waals surface area contributed by atoms with Crippen molar-refractivity contribution in [1.82, 2.24) is 0 Å². The number of halogens is 1. The van der Waals surface area contributed by atoms with Gasteiger partial charge < -0.3 is 14.6 Å². The number of benzene rings is 1. The van der Waals surface area contributed by atoms with Gasteiger partial charge in [-0.2, -0.15) is 0 Å². The second kappa shape index (κ2) is 6.56. The molecule has 0 radical (unpaired) electrons. The van der Waals surface area contributed by atoms with Crippen molar-refractivity contribution < 1.29 is 19.4 Å². The lowest BCUT2D eigenvalue weighted by Crippen LogP contribution is -2.11. The van der Waals surface area contributed by atoms with Gasteiger partial charge in [-0.05, 0) is 50.2 Å². The molecular formula is C16H21ClO4. The molecule has 0 heterocycles. The molecule has 0 aliphatic heterocycles. The summed E-state index contributed by atoms with van der Waals surface area (Å²) >= 11 is 6.36. The summed E-state index contributed by atoms with van der Waals surface area (Å²) in [6, 6.07) is 3.55. The van der Waals surface area contributed by atoms with E-state index in [1.165, 1.54) is 0 Å². The minimum absolute atomic E-state index is 0.0130. The van der Waals surface area contributed by atoms with E-state index in [1.807, 2.05) is 19.9 Å². The van der Waals surface area contributed by atoms with E-state index < -0.39 is 5.97 Å². The fourth-order valence-electron chi connectivity index (χ4n) is 2.56. The predicted octanol–water partition coefficient (Wildman–Crippen LogP) is 4.10. The Balaban J connectivity index is 2.36. The average Bonchev–Trinajstić information content (AvgIpc) is 3.20. The number of carboxylic acids is 1. The summed E-state index contributed by atoms with van der Waals surface area (Å²) < 4.78 is 11.0. The molecule has 2 rings (SSSR count). The molecule has 0 bridgehead atoms. The normalized spacial score (nSPS) is 15.9. The molecular weight excluding hydrogens is 292 g/mol. The minimum atomic E-state index is -0.801. The molecule has 1 aliphatic rings. The van der Waals surface area contributed by atoms with Crippen molar-refractivity contribution in [2.75, 3.05) is 7.11 Å². The van der Waals surface area contributed by atoms with Crippen LogP contribution in [0.2, 0.25) is 5.02 Å². The zero-order valence-electron chi connectivity index (χ0n) is 12.6. The molecule has 1 saturated carbocycles. The highest BCUT2D eigenvalue weighted by Gasteiger charge is 2.35. The molecule has 1 aromatic rings. The molecule has 116 valence electrons. The van der Waals surface area contributed by atoms with E-state index in [2.05, 4.69) is 0 Å². The summed E-state index contributed by atoms with van der Waals surface area (Å²) in [5, 5.41) is 9.66. The third-order valence-electron chi connectivity index (χ3n) is 3.63. The Morgan fingerprint density at radius 2 is 2.05 bits per heavy atom. The first-order chi connectivity index (χ1) is 9.92. The lowest BCUT2D eigenvalue weighted by molar-refractivity contribution is -0.137. The van der Waals surface area contributed by atoms with Gasteiger partial charge >= 0.3 is 5.97 Å². The van der Waals surface area contributed by atoms with Crippen LogP contribution in [-0.4, -0.2) is 24.3 Å². The SMILES string of the molecule is COc1cc(C(CC(=O)O)C2CC2)c(Cl)cc1OC(C)C. The van der Waals surface area contributed by atoms with Crippen molar-refractivity contribution in [2.45, 2.75) is 45.1 Å². The molecule has 0 aromatic heterocycles. The molecule has 4 nitrogen and oxygen atoms in total. The number of hydrogen-bond donors (Lipinski definition) is 1. The van der Waals surface area contributed by atoms with Crippen LogP contribution in [-0.2, 0) is 4.79 Å². The number of methoxy groups -OCH3 is 1. The van der Waals surface area contributed by atoms with Crippen LogP contribution in [0.15, 0.2) is 12.1 Å². The van der Waals surface area contributed by atoms with Crippen molar-refractivity contribution in [3.63, 3.8) is 0 Å². The van der Waals surface area contributed by atoms with E-state index in [1.54, 1.807) is 13.2 Å². The summed E-state index contributed by atoms with van der Waals surface area (Å²) in [4.78, 5) is 11.1. The molecule has 1 aliphatic carbocycles. The number of carboxylic acid groups (broad SMARTS) is 1. The number of ether oxygens (including phenoxy) is 2. The van der Waals surface area contributed by atoms with Gasteiger partial charge in [0.1, 0.15) is 0 Å². The Morgan fingerprint density at radius 3 is 2.52 bits per heavy atom. The third kappa shape index (κ3) is 4.03. The summed E-state index contributed by atoms with van der Waals surface area (Å²) in [5.74, 6) is 0.729. The quantitative estimate of drug-likeness (QED) is 0.823. The molecule has 5 heteroatoms. The molecule has 1 atom stereocenters. The van der Waals surface area contributed by atoms with Gasteiger partial charge in [-0.15, -0.1) is 0 Å². The first kappa shape index (κ1) is 16.0. The molecule has 1 N–H and O–H groups in total. The summed E-state index contributed by atoms with van der Waals surface area (Å²) in [6.07, 6.45) is 2.22. The highest BCUT2D eigenvalue weighted by Crippen LogP contribution is 2.48. The highest BCUT2D eigenvalue weighted by atomic mass is 35.5. The molecule has 1 unspecified atom stereocenters. The van der Waals surface area contributed by atoms with Crippen molar-refractivity contribution in [3.05, 3.63) is 22.7 Å². The highest BCUT2D eigenvalue weighted by molar-refractivity contribution is 6.31. The maximum Gasteiger partial charge on any atom is 0.303 e. The van der Waals surface area contributed by atoms with E-state index >= 15 is 0 Å². The summed E-state index contributed by atoms with van der Waals surface area (Å²) in [7, 11) is 1.57. The van der Waals surface area contributed by atoms with Crippen LogP contribution in [0.3, 0.4) is 0 Å². The van der Waals surface area contributed by atoms with Crippen LogP contribution in [0.25, 0.3) is 0 Å². The first-order valence-corrected chi connectivity index (χ1v) is 7.56. The van der Waals surface area contributed by atoms with Gasteiger partial charge in [0.15, 0.2) is 11.5 Å². The predicted molar refractivity (Wildman–Crippen MR) is 81.5 cm³/mol. The number of hydrogen-bond acceptors (Lipinski definition) is 3. The molecule has 0 amide bonds. The van der Waals surface area contributed by atoms with Gasteiger partial charge in [-0.25, -0.2) is 0 Å². The lowest BCUT2D eigenvalue weighted by Gasteiger charge is -2.20. The van der Waals surface area contributed by atoms with Crippen LogP contribution in [0, 0.1) is 5.92 Å². The van der Waals surface area contributed by atoms with Gasteiger partial charge in [0.25, 0.3) is 0 Å². The van der Waals surface area contributed by atoms with E-state index in [4.69, 9.17) is 26.2 Å². The van der Waals surface area contributed by atoms with E-state index in [0.717, 1.165) is 18.4 Å². The third-order valence-corrected chi connectivity index (χ3v) is 3.96. The fraction of sp³-hybridized carbons (Fsp3) is 0.562. The molecule has 21 heavy (non-hydrogen) atoms. The van der Waals surface area contributed by atoms with Crippen molar-refractivity contribution in [3.8, 4) is 11.5 Å². The second-order valence-electron chi connectivity index (χ2n) is 5.73. The first-order valence-electron chi connectivity index (χ1n) is 7.18. The summed E-state index contributed by atoms with van der Waals surface area (Å²) in [5.41, 5.74) is 0.842. The largest absolute Gasteiger partial charge is 0.493 e. The van der Waals surface area contributed by atoms with Gasteiger partial charge in [0.05, 0.1) is 19.6 Å². The van der Waals surface area contributed by atoms with Crippen molar-refractivity contribution in [2.24, 2.45) is 5.92 Å². The van der Waals surface area contributed by atoms with E-state index in [0.29, 0.717) is 22.4 Å². The zero-order chi connectivity index (χ0) is 15.6. The maximum absolute atomic E-state index is 11.1. The van der Waals surface area contributed by atoms with Gasteiger partial charge in [0.2, 0.25) is 0 Å². The molecule has 0 saturated heterocycles. The molecule has 1 fully saturated rings. The Bertz CT molecular complexity index is 523. The van der Waals surface area contributed by atoms with Crippen LogP contribution >= 0.6 is 11.6 Å². The number of carbonyl (C=O) groups is 1. The van der Waals surface area contributed by atoms with Crippen LogP contribution in [0.4, 0.5) is 0 Å². The summed E-state index contributed by atoms with van der Waals surface area (Å²) in [6.45, 7) is 3.86. The van der Waals surface area contributed by atoms with Gasteiger partial charge in [-0.1, -0.05) is 11.6 Å². The maximum atomic E-state index is 11.1. The van der Waals surface area contributed by atoms with Crippen molar-refractivity contribution in [1.29, 1.82) is 0 Å². The smallest absolute Gasteiger partial charge is 0.303 e. The van der Waals surface area contributed by atoms with Crippen LogP contribution in [0.5, 0.6) is 11.5 Å². The molecule has 0 spiro atoms. The molecule has 1 aromatic carbocycles. The van der Waals surface area contributed by atoms with Gasteiger partial charge in [0, 0.05) is 11.1 Å². The zero-order valence-corrected chi connectivity index (χ0v) is 13.3. The Hall–Kier alpha value is -1.42. The van der Waals surface area contributed by atoms with E-state index in [-0.39, 0.29) is 18.4 Å². The number of aliphatic carboxylic acids is 1. The van der Waals surface area contributed by atoms with Gasteiger partial charge in [-0.3, -0.25) is 4.79 Å². The standard InChI is InChI=1S/C16H21ClO4/c1-9(2)21-15-8-13(17)12(6-14(15)20-3)11(7-16(18)19)10-4-5-10/h6,8-11H,4-5,7H2,1-3H3,(H,18,19). The Morgan fingerprint density at radius 1 is 1.38 bits per heavy atom. The minimum Gasteiger partial charge on any atom is -0.493 e. The van der Waals surface area contributed by atoms with E-state index in [9.17, 15) is 4.79 Å². The number of rotatable bonds is 7. The van der Waals surface area contributed by atoms with Crippen LogP contribution < -0.4 is 9.47 Å². The lowest BCUT2D eigenvalue weighted by atomic mass is 9.90. The second-order valence-corrected chi connectivity index (χ2v) is 6.14. The topological polar surface area (TPSA) is 55.8 Å².